The number of piperazine rings is 1. The minimum atomic E-state index is -0.916. The van der Waals surface area contributed by atoms with Crippen LogP contribution in [0.15, 0.2) is 12.3 Å². The standard InChI is InChI=1S/C14H20FN5O2/c1-22-12-2-3-16-14(18-12)20-6-4-19(5-7-20)13(21)11-8-10(15)9-17-11/h2-3,10-11,17H,4-9H2,1H3/t10-,11+/m0/s1. The highest BCUT2D eigenvalue weighted by atomic mass is 19.1. The Morgan fingerprint density at radius 2 is 2.18 bits per heavy atom. The first-order chi connectivity index (χ1) is 10.7. The Morgan fingerprint density at radius 1 is 1.41 bits per heavy atom. The lowest BCUT2D eigenvalue weighted by atomic mass is 10.1. The minimum absolute atomic E-state index is 0.00800. The second-order valence-corrected chi connectivity index (χ2v) is 5.51. The SMILES string of the molecule is COc1ccnc(N2CCN(C(=O)[C@H]3C[C@H](F)CN3)CC2)n1. The summed E-state index contributed by atoms with van der Waals surface area (Å²) in [7, 11) is 1.56. The van der Waals surface area contributed by atoms with Crippen LogP contribution in [0.25, 0.3) is 0 Å². The third kappa shape index (κ3) is 3.11. The lowest BCUT2D eigenvalue weighted by molar-refractivity contribution is -0.133. The number of nitrogens with one attached hydrogen (secondary N) is 1. The van der Waals surface area contributed by atoms with Gasteiger partial charge in [-0.25, -0.2) is 9.37 Å². The van der Waals surface area contributed by atoms with Crippen molar-refractivity contribution in [3.63, 3.8) is 0 Å². The zero-order valence-corrected chi connectivity index (χ0v) is 12.5. The summed E-state index contributed by atoms with van der Waals surface area (Å²) in [6.45, 7) is 2.77. The van der Waals surface area contributed by atoms with Gasteiger partial charge < -0.3 is 19.9 Å². The zero-order valence-electron chi connectivity index (χ0n) is 12.5. The molecule has 1 aromatic rings. The van der Waals surface area contributed by atoms with Crippen molar-refractivity contribution in [1.29, 1.82) is 0 Å². The largest absolute Gasteiger partial charge is 0.481 e. The number of methoxy groups -OCH3 is 1. The van der Waals surface area contributed by atoms with Crippen molar-refractivity contribution in [3.05, 3.63) is 12.3 Å². The molecule has 0 aliphatic carbocycles. The van der Waals surface area contributed by atoms with E-state index >= 15 is 0 Å². The van der Waals surface area contributed by atoms with Crippen LogP contribution in [-0.4, -0.2) is 72.8 Å². The fourth-order valence-electron chi connectivity index (χ4n) is 2.83. The van der Waals surface area contributed by atoms with Crippen LogP contribution in [-0.2, 0) is 4.79 Å². The van der Waals surface area contributed by atoms with E-state index in [4.69, 9.17) is 4.74 Å². The molecule has 120 valence electrons. The summed E-state index contributed by atoms with van der Waals surface area (Å²) in [4.78, 5) is 24.7. The zero-order chi connectivity index (χ0) is 15.5. The number of alkyl halides is 1. The number of hydrogen-bond acceptors (Lipinski definition) is 6. The molecular weight excluding hydrogens is 289 g/mol. The van der Waals surface area contributed by atoms with Crippen LogP contribution in [0.3, 0.4) is 0 Å². The highest BCUT2D eigenvalue weighted by molar-refractivity contribution is 5.82. The lowest BCUT2D eigenvalue weighted by Gasteiger charge is -2.35. The Labute approximate surface area is 128 Å². The van der Waals surface area contributed by atoms with Gasteiger partial charge >= 0.3 is 0 Å². The van der Waals surface area contributed by atoms with Gasteiger partial charge in [0.25, 0.3) is 0 Å². The molecule has 2 aliphatic heterocycles. The normalized spacial score (nSPS) is 25.4. The van der Waals surface area contributed by atoms with Gasteiger partial charge in [-0.1, -0.05) is 0 Å². The van der Waals surface area contributed by atoms with Gasteiger partial charge in [0.2, 0.25) is 17.7 Å². The number of nitrogens with zero attached hydrogens (tertiary/aromatic N) is 4. The highest BCUT2D eigenvalue weighted by Gasteiger charge is 2.33. The molecule has 0 bridgehead atoms. The van der Waals surface area contributed by atoms with Gasteiger partial charge in [-0.3, -0.25) is 4.79 Å². The lowest BCUT2D eigenvalue weighted by Crippen LogP contribution is -2.53. The molecule has 0 radical (unpaired) electrons. The van der Waals surface area contributed by atoms with E-state index in [0.29, 0.717) is 38.0 Å². The number of hydrogen-bond donors (Lipinski definition) is 1. The first kappa shape index (κ1) is 15.0. The quantitative estimate of drug-likeness (QED) is 0.836. The smallest absolute Gasteiger partial charge is 0.239 e. The van der Waals surface area contributed by atoms with E-state index in [1.165, 1.54) is 0 Å². The monoisotopic (exact) mass is 309 g/mol. The fraction of sp³-hybridized carbons (Fsp3) is 0.643. The Morgan fingerprint density at radius 3 is 2.82 bits per heavy atom. The van der Waals surface area contributed by atoms with Crippen molar-refractivity contribution in [1.82, 2.24) is 20.2 Å². The first-order valence-corrected chi connectivity index (χ1v) is 7.45. The van der Waals surface area contributed by atoms with E-state index in [2.05, 4.69) is 15.3 Å². The molecule has 3 rings (SSSR count). The van der Waals surface area contributed by atoms with E-state index in [-0.39, 0.29) is 24.9 Å². The molecule has 2 fully saturated rings. The van der Waals surface area contributed by atoms with Gasteiger partial charge in [-0.2, -0.15) is 4.98 Å². The topological polar surface area (TPSA) is 70.6 Å². The summed E-state index contributed by atoms with van der Waals surface area (Å²) < 4.78 is 18.3. The fourth-order valence-corrected chi connectivity index (χ4v) is 2.83. The molecule has 2 saturated heterocycles. The number of amides is 1. The van der Waals surface area contributed by atoms with E-state index < -0.39 is 6.17 Å². The molecule has 2 atom stereocenters. The van der Waals surface area contributed by atoms with Gasteiger partial charge in [0.05, 0.1) is 13.2 Å². The average Bonchev–Trinajstić information content (AvgIpc) is 3.01. The number of halogens is 1. The van der Waals surface area contributed by atoms with Gasteiger partial charge in [-0.05, 0) is 0 Å². The van der Waals surface area contributed by atoms with Crippen molar-refractivity contribution >= 4 is 11.9 Å². The molecule has 8 heteroatoms. The van der Waals surface area contributed by atoms with E-state index in [1.807, 2.05) is 4.90 Å². The highest BCUT2D eigenvalue weighted by Crippen LogP contribution is 2.17. The summed E-state index contributed by atoms with van der Waals surface area (Å²) in [6.07, 6.45) is 1.01. The average molecular weight is 309 g/mol. The Kier molecular flexibility index (Phi) is 4.37. The van der Waals surface area contributed by atoms with Crippen molar-refractivity contribution in [2.75, 3.05) is 44.7 Å². The van der Waals surface area contributed by atoms with Crippen LogP contribution in [0.2, 0.25) is 0 Å². The van der Waals surface area contributed by atoms with E-state index in [9.17, 15) is 9.18 Å². The third-order valence-corrected chi connectivity index (χ3v) is 4.08. The Bertz CT molecular complexity index is 536. The molecule has 0 spiro atoms. The molecule has 0 aromatic carbocycles. The van der Waals surface area contributed by atoms with Gasteiger partial charge in [0.15, 0.2) is 0 Å². The number of carbonyl (C=O) groups is 1. The van der Waals surface area contributed by atoms with Crippen LogP contribution >= 0.6 is 0 Å². The first-order valence-electron chi connectivity index (χ1n) is 7.45. The van der Waals surface area contributed by atoms with Crippen molar-refractivity contribution < 1.29 is 13.9 Å². The second kappa shape index (κ2) is 6.43. The van der Waals surface area contributed by atoms with Crippen LogP contribution in [0.1, 0.15) is 6.42 Å². The number of carbonyl (C=O) groups excluding carboxylic acids is 1. The maximum Gasteiger partial charge on any atom is 0.239 e. The van der Waals surface area contributed by atoms with Crippen molar-refractivity contribution in [3.8, 4) is 5.88 Å². The number of aromatic nitrogens is 2. The molecule has 0 saturated carbocycles. The second-order valence-electron chi connectivity index (χ2n) is 5.51. The van der Waals surface area contributed by atoms with Gasteiger partial charge in [0.1, 0.15) is 6.17 Å². The molecule has 22 heavy (non-hydrogen) atoms. The molecular formula is C14H20FN5O2. The van der Waals surface area contributed by atoms with Crippen LogP contribution in [0.5, 0.6) is 5.88 Å². The summed E-state index contributed by atoms with van der Waals surface area (Å²) >= 11 is 0. The predicted octanol–water partition coefficient (Wildman–Crippen LogP) is -0.166. The number of rotatable bonds is 3. The molecule has 7 nitrogen and oxygen atoms in total. The van der Waals surface area contributed by atoms with Crippen molar-refractivity contribution in [2.45, 2.75) is 18.6 Å². The summed E-state index contributed by atoms with van der Waals surface area (Å²) in [6, 6.07) is 1.32. The van der Waals surface area contributed by atoms with E-state index in [0.717, 1.165) is 0 Å². The molecule has 3 heterocycles. The maximum absolute atomic E-state index is 13.2. The Hall–Kier alpha value is -1.96. The Balaban J connectivity index is 1.56. The summed E-state index contributed by atoms with van der Waals surface area (Å²) in [5, 5.41) is 2.94. The number of anilines is 1. The third-order valence-electron chi connectivity index (χ3n) is 4.08. The van der Waals surface area contributed by atoms with Gasteiger partial charge in [-0.15, -0.1) is 0 Å². The summed E-state index contributed by atoms with van der Waals surface area (Å²) in [5.74, 6) is 1.12. The van der Waals surface area contributed by atoms with Crippen LogP contribution in [0.4, 0.5) is 10.3 Å². The predicted molar refractivity (Wildman–Crippen MR) is 78.7 cm³/mol. The summed E-state index contributed by atoms with van der Waals surface area (Å²) in [5.41, 5.74) is 0. The van der Waals surface area contributed by atoms with Gasteiger partial charge in [0, 0.05) is 51.4 Å². The van der Waals surface area contributed by atoms with Crippen molar-refractivity contribution in [2.24, 2.45) is 0 Å². The van der Waals surface area contributed by atoms with Crippen LogP contribution < -0.4 is 15.0 Å². The van der Waals surface area contributed by atoms with E-state index in [1.54, 1.807) is 24.3 Å². The molecule has 1 aromatic heterocycles. The van der Waals surface area contributed by atoms with Crippen LogP contribution in [0, 0.1) is 0 Å². The molecule has 2 aliphatic rings. The molecule has 0 unspecified atom stereocenters. The minimum Gasteiger partial charge on any atom is -0.481 e. The number of ether oxygens (including phenoxy) is 1. The molecule has 1 N–H and O–H groups in total. The maximum atomic E-state index is 13.2. The molecule has 1 amide bonds.